The van der Waals surface area contributed by atoms with Crippen LogP contribution in [0.5, 0.6) is 5.75 Å². The van der Waals surface area contributed by atoms with E-state index < -0.39 is 0 Å². The Kier molecular flexibility index (Phi) is 10.8. The van der Waals surface area contributed by atoms with Gasteiger partial charge in [-0.15, -0.1) is 24.0 Å². The van der Waals surface area contributed by atoms with Crippen molar-refractivity contribution in [1.29, 1.82) is 0 Å². The van der Waals surface area contributed by atoms with E-state index in [0.717, 1.165) is 62.1 Å². The van der Waals surface area contributed by atoms with Gasteiger partial charge in [0, 0.05) is 49.6 Å². The van der Waals surface area contributed by atoms with Crippen molar-refractivity contribution < 1.29 is 9.26 Å². The summed E-state index contributed by atoms with van der Waals surface area (Å²) in [5.41, 5.74) is 1.03. The zero-order chi connectivity index (χ0) is 22.2. The molecule has 1 aliphatic heterocycles. The Morgan fingerprint density at radius 1 is 1.41 bits per heavy atom. The number of nitrogens with zero attached hydrogens (tertiary/aromatic N) is 4. The van der Waals surface area contributed by atoms with Gasteiger partial charge in [0.25, 0.3) is 0 Å². The van der Waals surface area contributed by atoms with Gasteiger partial charge in [0.2, 0.25) is 5.89 Å². The molecule has 1 aromatic carbocycles. The molecule has 0 radical (unpaired) electrons. The standard InChI is InChI=1S/C22H33ClN6O2.HI/c1-5-24-22(25-11-6-7-20-27-21(15(2)3)28-31-20)26-17-10-12-29(14-17)18-13-16(23)8-9-19(18)30-4;/h8-9,13,15,17H,5-7,10-12,14H2,1-4H3,(H2,24,25,26);1H. The molecule has 0 spiro atoms. The predicted molar refractivity (Wildman–Crippen MR) is 140 cm³/mol. The molecule has 32 heavy (non-hydrogen) atoms. The lowest BCUT2D eigenvalue weighted by molar-refractivity contribution is 0.369. The number of methoxy groups -OCH3 is 1. The van der Waals surface area contributed by atoms with Crippen molar-refractivity contribution in [3.63, 3.8) is 0 Å². The number of hydrogen-bond acceptors (Lipinski definition) is 6. The highest BCUT2D eigenvalue weighted by Gasteiger charge is 2.25. The minimum atomic E-state index is 0. The van der Waals surface area contributed by atoms with Gasteiger partial charge < -0.3 is 24.8 Å². The molecule has 0 saturated carbocycles. The van der Waals surface area contributed by atoms with E-state index in [2.05, 4.69) is 46.4 Å². The Morgan fingerprint density at radius 3 is 2.91 bits per heavy atom. The van der Waals surface area contributed by atoms with Crippen molar-refractivity contribution in [3.05, 3.63) is 34.9 Å². The van der Waals surface area contributed by atoms with Crippen molar-refractivity contribution in [2.24, 2.45) is 4.99 Å². The molecule has 1 atom stereocenters. The highest BCUT2D eigenvalue weighted by atomic mass is 127. The topological polar surface area (TPSA) is 87.8 Å². The third kappa shape index (κ3) is 7.40. The number of aryl methyl sites for hydroxylation is 1. The van der Waals surface area contributed by atoms with Crippen LogP contribution in [0.1, 0.15) is 51.2 Å². The zero-order valence-corrected chi connectivity index (χ0v) is 22.3. The maximum absolute atomic E-state index is 6.20. The number of aromatic nitrogens is 2. The maximum atomic E-state index is 6.20. The second-order valence-electron chi connectivity index (χ2n) is 7.96. The van der Waals surface area contributed by atoms with Crippen LogP contribution >= 0.6 is 35.6 Å². The maximum Gasteiger partial charge on any atom is 0.226 e. The first-order chi connectivity index (χ1) is 15.0. The molecule has 0 amide bonds. The van der Waals surface area contributed by atoms with Crippen LogP contribution in [0.4, 0.5) is 5.69 Å². The van der Waals surface area contributed by atoms with Crippen molar-refractivity contribution in [3.8, 4) is 5.75 Å². The van der Waals surface area contributed by atoms with E-state index in [-0.39, 0.29) is 29.9 Å². The van der Waals surface area contributed by atoms with Gasteiger partial charge in [-0.05, 0) is 38.0 Å². The molecule has 1 aromatic heterocycles. The number of benzene rings is 1. The van der Waals surface area contributed by atoms with Crippen LogP contribution in [-0.4, -0.2) is 55.4 Å². The summed E-state index contributed by atoms with van der Waals surface area (Å²) in [7, 11) is 1.69. The number of guanidine groups is 1. The molecular weight excluding hydrogens is 543 g/mol. The quantitative estimate of drug-likeness (QED) is 0.200. The van der Waals surface area contributed by atoms with E-state index in [0.29, 0.717) is 23.5 Å². The second kappa shape index (κ2) is 13.1. The van der Waals surface area contributed by atoms with Gasteiger partial charge in [0.1, 0.15) is 5.75 Å². The lowest BCUT2D eigenvalue weighted by Gasteiger charge is -2.22. The number of rotatable bonds is 9. The fourth-order valence-corrected chi connectivity index (χ4v) is 3.71. The fourth-order valence-electron chi connectivity index (χ4n) is 3.55. The van der Waals surface area contributed by atoms with Gasteiger partial charge in [0.05, 0.1) is 12.8 Å². The molecule has 1 unspecified atom stereocenters. The molecule has 178 valence electrons. The number of anilines is 1. The molecule has 1 saturated heterocycles. The summed E-state index contributed by atoms with van der Waals surface area (Å²) in [4.78, 5) is 11.4. The zero-order valence-electron chi connectivity index (χ0n) is 19.2. The Bertz CT molecular complexity index is 876. The van der Waals surface area contributed by atoms with Crippen LogP contribution in [0.15, 0.2) is 27.7 Å². The summed E-state index contributed by atoms with van der Waals surface area (Å²) in [6, 6.07) is 6.02. The van der Waals surface area contributed by atoms with Crippen molar-refractivity contribution >= 4 is 47.2 Å². The highest BCUT2D eigenvalue weighted by Crippen LogP contribution is 2.33. The van der Waals surface area contributed by atoms with Crippen LogP contribution in [0, 0.1) is 0 Å². The molecule has 8 nitrogen and oxygen atoms in total. The Hall–Kier alpha value is -1.75. The molecule has 2 aromatic rings. The van der Waals surface area contributed by atoms with E-state index >= 15 is 0 Å². The summed E-state index contributed by atoms with van der Waals surface area (Å²) >= 11 is 6.20. The van der Waals surface area contributed by atoms with Gasteiger partial charge >= 0.3 is 0 Å². The number of nitrogens with one attached hydrogen (secondary N) is 2. The Morgan fingerprint density at radius 2 is 2.22 bits per heavy atom. The van der Waals surface area contributed by atoms with E-state index in [9.17, 15) is 0 Å². The predicted octanol–water partition coefficient (Wildman–Crippen LogP) is 4.24. The third-order valence-electron chi connectivity index (χ3n) is 5.17. The smallest absolute Gasteiger partial charge is 0.226 e. The average molecular weight is 577 g/mol. The fraction of sp³-hybridized carbons (Fsp3) is 0.591. The average Bonchev–Trinajstić information content (AvgIpc) is 3.41. The van der Waals surface area contributed by atoms with Crippen LogP contribution in [0.3, 0.4) is 0 Å². The lowest BCUT2D eigenvalue weighted by atomic mass is 10.2. The van der Waals surface area contributed by atoms with Gasteiger partial charge in [0.15, 0.2) is 11.8 Å². The number of aliphatic imine (C=N–C) groups is 1. The lowest BCUT2D eigenvalue weighted by Crippen LogP contribution is -2.44. The van der Waals surface area contributed by atoms with E-state index in [4.69, 9.17) is 25.9 Å². The minimum absolute atomic E-state index is 0. The van der Waals surface area contributed by atoms with Gasteiger partial charge in [-0.3, -0.25) is 4.99 Å². The van der Waals surface area contributed by atoms with E-state index in [1.54, 1.807) is 7.11 Å². The van der Waals surface area contributed by atoms with Crippen molar-refractivity contribution in [1.82, 2.24) is 20.8 Å². The van der Waals surface area contributed by atoms with Gasteiger partial charge in [-0.25, -0.2) is 0 Å². The van der Waals surface area contributed by atoms with Crippen LogP contribution in [0.25, 0.3) is 0 Å². The molecule has 1 aliphatic rings. The molecule has 3 rings (SSSR count). The van der Waals surface area contributed by atoms with E-state index in [1.807, 2.05) is 18.2 Å². The summed E-state index contributed by atoms with van der Waals surface area (Å²) in [6.45, 7) is 9.48. The van der Waals surface area contributed by atoms with Gasteiger partial charge in [-0.2, -0.15) is 4.98 Å². The van der Waals surface area contributed by atoms with Crippen molar-refractivity contribution in [2.75, 3.05) is 38.2 Å². The molecule has 0 aliphatic carbocycles. The molecular formula is C22H34ClIN6O2. The summed E-state index contributed by atoms with van der Waals surface area (Å²) in [5, 5.41) is 11.6. The largest absolute Gasteiger partial charge is 0.495 e. The summed E-state index contributed by atoms with van der Waals surface area (Å²) < 4.78 is 10.8. The molecule has 10 heteroatoms. The second-order valence-corrected chi connectivity index (χ2v) is 8.39. The van der Waals surface area contributed by atoms with Crippen LogP contribution in [0.2, 0.25) is 5.02 Å². The first-order valence-corrected chi connectivity index (χ1v) is 11.3. The number of hydrogen-bond donors (Lipinski definition) is 2. The molecule has 2 N–H and O–H groups in total. The third-order valence-corrected chi connectivity index (χ3v) is 5.41. The SMILES string of the molecule is CCNC(=NCCCc1nc(C(C)C)no1)NC1CCN(c2cc(Cl)ccc2OC)C1.I. The molecule has 0 bridgehead atoms. The first-order valence-electron chi connectivity index (χ1n) is 11.0. The molecule has 2 heterocycles. The summed E-state index contributed by atoms with van der Waals surface area (Å²) in [6.07, 6.45) is 2.60. The molecule has 1 fully saturated rings. The Labute approximate surface area is 212 Å². The minimum Gasteiger partial charge on any atom is -0.495 e. The monoisotopic (exact) mass is 576 g/mol. The van der Waals surface area contributed by atoms with Crippen LogP contribution < -0.4 is 20.3 Å². The van der Waals surface area contributed by atoms with Crippen LogP contribution in [-0.2, 0) is 6.42 Å². The van der Waals surface area contributed by atoms with Gasteiger partial charge in [-0.1, -0.05) is 30.6 Å². The van der Waals surface area contributed by atoms with E-state index in [1.165, 1.54) is 0 Å². The Balaban J connectivity index is 0.00000363. The summed E-state index contributed by atoms with van der Waals surface area (Å²) in [5.74, 6) is 3.39. The highest BCUT2D eigenvalue weighted by molar-refractivity contribution is 14.0. The van der Waals surface area contributed by atoms with Crippen molar-refractivity contribution in [2.45, 2.75) is 52.0 Å². The number of halogens is 2. The first kappa shape index (κ1) is 26.5. The normalized spacial score (nSPS) is 16.2. The number of ether oxygens (including phenoxy) is 1.